The number of aromatic nitrogens is 1. The maximum absolute atomic E-state index is 12.6. The van der Waals surface area contributed by atoms with Gasteiger partial charge in [0.1, 0.15) is 5.75 Å². The number of hydrogen-bond acceptors (Lipinski definition) is 3. The molecule has 1 amide bonds. The Morgan fingerprint density at radius 1 is 1.08 bits per heavy atom. The summed E-state index contributed by atoms with van der Waals surface area (Å²) < 4.78 is 5.37. The molecule has 1 atom stereocenters. The van der Waals surface area contributed by atoms with Crippen LogP contribution in [0.1, 0.15) is 34.5 Å². The minimum atomic E-state index is -0.152. The Morgan fingerprint density at radius 2 is 1.81 bits per heavy atom. The highest BCUT2D eigenvalue weighted by atomic mass is 16.5. The Bertz CT molecular complexity index is 904. The first kappa shape index (κ1) is 17.7. The first-order chi connectivity index (χ1) is 12.6. The summed E-state index contributed by atoms with van der Waals surface area (Å²) in [6.45, 7) is 3.97. The summed E-state index contributed by atoms with van der Waals surface area (Å²) in [4.78, 5) is 16.7. The number of ether oxygens (including phenoxy) is 1. The summed E-state index contributed by atoms with van der Waals surface area (Å²) in [7, 11) is 1.63. The Morgan fingerprint density at radius 3 is 2.50 bits per heavy atom. The number of nitrogens with zero attached hydrogens (tertiary/aromatic N) is 1. The molecule has 4 nitrogen and oxygen atoms in total. The summed E-state index contributed by atoms with van der Waals surface area (Å²) in [6.07, 6.45) is 3.61. The molecule has 0 aliphatic carbocycles. The highest BCUT2D eigenvalue weighted by Crippen LogP contribution is 2.25. The third-order valence-electron chi connectivity index (χ3n) is 4.43. The number of amides is 1. The number of hydrogen-bond donors (Lipinski definition) is 1. The fourth-order valence-electron chi connectivity index (χ4n) is 2.98. The van der Waals surface area contributed by atoms with Crippen LogP contribution in [0.4, 0.5) is 0 Å². The molecule has 3 rings (SSSR count). The van der Waals surface area contributed by atoms with Gasteiger partial charge in [0.05, 0.1) is 13.2 Å². The molecule has 4 heteroatoms. The second-order valence-corrected chi connectivity index (χ2v) is 6.21. The molecule has 132 valence electrons. The minimum Gasteiger partial charge on any atom is -0.496 e. The van der Waals surface area contributed by atoms with Crippen LogP contribution in [0.5, 0.6) is 5.75 Å². The van der Waals surface area contributed by atoms with E-state index >= 15 is 0 Å². The first-order valence-corrected chi connectivity index (χ1v) is 8.55. The number of carbonyl (C=O) groups excluding carboxylic acids is 1. The predicted molar refractivity (Wildman–Crippen MR) is 103 cm³/mol. The Labute approximate surface area is 153 Å². The highest BCUT2D eigenvalue weighted by molar-refractivity contribution is 5.95. The largest absolute Gasteiger partial charge is 0.496 e. The number of pyridine rings is 1. The van der Waals surface area contributed by atoms with Crippen molar-refractivity contribution in [2.24, 2.45) is 0 Å². The maximum atomic E-state index is 12.6. The monoisotopic (exact) mass is 346 g/mol. The molecule has 0 unspecified atom stereocenters. The summed E-state index contributed by atoms with van der Waals surface area (Å²) in [5.74, 6) is 0.658. The van der Waals surface area contributed by atoms with E-state index in [0.717, 1.165) is 28.0 Å². The van der Waals surface area contributed by atoms with Crippen LogP contribution in [0.3, 0.4) is 0 Å². The van der Waals surface area contributed by atoms with E-state index < -0.39 is 0 Å². The third kappa shape index (κ3) is 3.75. The lowest BCUT2D eigenvalue weighted by Crippen LogP contribution is -2.26. The van der Waals surface area contributed by atoms with Gasteiger partial charge in [-0.05, 0) is 54.8 Å². The molecule has 0 saturated carbocycles. The van der Waals surface area contributed by atoms with Gasteiger partial charge < -0.3 is 10.1 Å². The molecular formula is C22H22N2O2. The zero-order valence-electron chi connectivity index (χ0n) is 15.2. The van der Waals surface area contributed by atoms with Crippen LogP contribution in [0.2, 0.25) is 0 Å². The summed E-state index contributed by atoms with van der Waals surface area (Å²) in [5.41, 5.74) is 4.87. The molecule has 0 radical (unpaired) electrons. The van der Waals surface area contributed by atoms with Gasteiger partial charge in [0.2, 0.25) is 0 Å². The quantitative estimate of drug-likeness (QED) is 0.737. The molecule has 0 saturated heterocycles. The molecule has 1 heterocycles. The van der Waals surface area contributed by atoms with Crippen molar-refractivity contribution < 1.29 is 9.53 Å². The van der Waals surface area contributed by atoms with Gasteiger partial charge in [0, 0.05) is 23.5 Å². The van der Waals surface area contributed by atoms with Crippen LogP contribution in [-0.4, -0.2) is 18.0 Å². The maximum Gasteiger partial charge on any atom is 0.251 e. The summed E-state index contributed by atoms with van der Waals surface area (Å²) in [6, 6.07) is 17.1. The zero-order chi connectivity index (χ0) is 18.5. The number of rotatable bonds is 5. The lowest BCUT2D eigenvalue weighted by atomic mass is 10.0. The Balaban J connectivity index is 1.75. The fourth-order valence-corrected chi connectivity index (χ4v) is 2.98. The van der Waals surface area contributed by atoms with Crippen molar-refractivity contribution in [2.75, 3.05) is 7.11 Å². The van der Waals surface area contributed by atoms with Gasteiger partial charge >= 0.3 is 0 Å². The van der Waals surface area contributed by atoms with Crippen LogP contribution in [-0.2, 0) is 0 Å². The molecule has 0 fully saturated rings. The van der Waals surface area contributed by atoms with Gasteiger partial charge in [-0.15, -0.1) is 0 Å². The van der Waals surface area contributed by atoms with Crippen molar-refractivity contribution in [3.8, 4) is 16.9 Å². The molecule has 0 bridgehead atoms. The van der Waals surface area contributed by atoms with E-state index in [-0.39, 0.29) is 11.9 Å². The second-order valence-electron chi connectivity index (χ2n) is 6.21. The predicted octanol–water partition coefficient (Wildman–Crippen LogP) is 4.56. The van der Waals surface area contributed by atoms with Crippen molar-refractivity contribution in [3.63, 3.8) is 0 Å². The molecule has 1 aromatic heterocycles. The molecular weight excluding hydrogens is 324 g/mol. The number of carbonyl (C=O) groups is 1. The van der Waals surface area contributed by atoms with Crippen molar-refractivity contribution >= 4 is 5.91 Å². The average Bonchev–Trinajstić information content (AvgIpc) is 2.68. The van der Waals surface area contributed by atoms with E-state index in [0.29, 0.717) is 5.56 Å². The Hall–Kier alpha value is -3.14. The number of benzene rings is 2. The lowest BCUT2D eigenvalue weighted by molar-refractivity contribution is 0.0939. The highest BCUT2D eigenvalue weighted by Gasteiger charge is 2.15. The average molecular weight is 346 g/mol. The Kier molecular flexibility index (Phi) is 5.32. The van der Waals surface area contributed by atoms with Crippen molar-refractivity contribution in [1.29, 1.82) is 0 Å². The lowest BCUT2D eigenvalue weighted by Gasteiger charge is -2.17. The molecule has 0 aliphatic rings. The van der Waals surface area contributed by atoms with Crippen LogP contribution < -0.4 is 10.1 Å². The SMILES string of the molecule is COc1ccccc1[C@@H](C)NC(=O)c1ccc(-c2ccncc2C)cc1. The summed E-state index contributed by atoms with van der Waals surface area (Å²) >= 11 is 0. The molecule has 3 aromatic rings. The van der Waals surface area contributed by atoms with Crippen molar-refractivity contribution in [2.45, 2.75) is 19.9 Å². The number of nitrogens with one attached hydrogen (secondary N) is 1. The second kappa shape index (κ2) is 7.83. The van der Waals surface area contributed by atoms with Crippen LogP contribution in [0, 0.1) is 6.92 Å². The van der Waals surface area contributed by atoms with E-state index in [1.807, 2.05) is 74.6 Å². The number of para-hydroxylation sites is 1. The van der Waals surface area contributed by atoms with E-state index in [1.54, 1.807) is 13.3 Å². The van der Waals surface area contributed by atoms with Gasteiger partial charge in [-0.25, -0.2) is 0 Å². The van der Waals surface area contributed by atoms with Gasteiger partial charge in [0.25, 0.3) is 5.91 Å². The molecule has 0 aliphatic heterocycles. The zero-order valence-corrected chi connectivity index (χ0v) is 15.2. The first-order valence-electron chi connectivity index (χ1n) is 8.55. The molecule has 2 aromatic carbocycles. The van der Waals surface area contributed by atoms with Gasteiger partial charge in [0.15, 0.2) is 0 Å². The standard InChI is InChI=1S/C22H22N2O2/c1-15-14-23-13-12-19(15)17-8-10-18(11-9-17)22(25)24-16(2)20-6-4-5-7-21(20)26-3/h4-14,16H,1-3H3,(H,24,25)/t16-/m1/s1. The van der Waals surface area contributed by atoms with E-state index in [1.165, 1.54) is 0 Å². The number of aryl methyl sites for hydroxylation is 1. The van der Waals surface area contributed by atoms with E-state index in [4.69, 9.17) is 4.74 Å². The normalized spacial score (nSPS) is 11.7. The number of methoxy groups -OCH3 is 1. The van der Waals surface area contributed by atoms with Crippen molar-refractivity contribution in [3.05, 3.63) is 83.7 Å². The van der Waals surface area contributed by atoms with Crippen LogP contribution in [0.25, 0.3) is 11.1 Å². The smallest absolute Gasteiger partial charge is 0.251 e. The fraction of sp³-hybridized carbons (Fsp3) is 0.182. The molecule has 26 heavy (non-hydrogen) atoms. The topological polar surface area (TPSA) is 51.2 Å². The third-order valence-corrected chi connectivity index (χ3v) is 4.43. The molecule has 1 N–H and O–H groups in total. The minimum absolute atomic E-state index is 0.110. The van der Waals surface area contributed by atoms with Gasteiger partial charge in [-0.1, -0.05) is 30.3 Å². The molecule has 0 spiro atoms. The van der Waals surface area contributed by atoms with E-state index in [2.05, 4.69) is 10.3 Å². The van der Waals surface area contributed by atoms with Crippen LogP contribution >= 0.6 is 0 Å². The van der Waals surface area contributed by atoms with Crippen molar-refractivity contribution in [1.82, 2.24) is 10.3 Å². The van der Waals surface area contributed by atoms with Gasteiger partial charge in [-0.3, -0.25) is 9.78 Å². The summed E-state index contributed by atoms with van der Waals surface area (Å²) in [5, 5.41) is 3.03. The van der Waals surface area contributed by atoms with Gasteiger partial charge in [-0.2, -0.15) is 0 Å². The van der Waals surface area contributed by atoms with Crippen LogP contribution in [0.15, 0.2) is 67.0 Å². The van der Waals surface area contributed by atoms with E-state index in [9.17, 15) is 4.79 Å².